The molecule has 0 fully saturated rings. The molecule has 0 aliphatic carbocycles. The molecule has 4 rings (SSSR count). The number of hydrogen-bond donors (Lipinski definition) is 2. The second-order valence-corrected chi connectivity index (χ2v) is 9.71. The van der Waals surface area contributed by atoms with Gasteiger partial charge >= 0.3 is 0 Å². The minimum absolute atomic E-state index is 0.245. The summed E-state index contributed by atoms with van der Waals surface area (Å²) in [7, 11) is -3.73. The maximum absolute atomic E-state index is 12.7. The van der Waals surface area contributed by atoms with Crippen molar-refractivity contribution in [2.75, 3.05) is 5.32 Å². The summed E-state index contributed by atoms with van der Waals surface area (Å²) in [5, 5.41) is 7.58. The largest absolute Gasteiger partial charge is 0.354 e. The summed E-state index contributed by atoms with van der Waals surface area (Å²) in [6, 6.07) is 19.4. The van der Waals surface area contributed by atoms with Gasteiger partial charge in [-0.05, 0) is 67.8 Å². The molecule has 5 nitrogen and oxygen atoms in total. The van der Waals surface area contributed by atoms with Gasteiger partial charge < -0.3 is 5.32 Å². The third-order valence-electron chi connectivity index (χ3n) is 4.74. The Morgan fingerprint density at radius 2 is 1.72 bits per heavy atom. The molecule has 148 valence electrons. The topological polar surface area (TPSA) is 70.6 Å². The van der Waals surface area contributed by atoms with E-state index in [4.69, 9.17) is 0 Å². The molecule has 1 aliphatic rings. The number of anilines is 2. The first-order valence-electron chi connectivity index (χ1n) is 9.15. The van der Waals surface area contributed by atoms with E-state index in [1.54, 1.807) is 37.7 Å². The molecular weight excluding hydrogens is 402 g/mol. The molecule has 0 amide bonds. The number of nitrogens with one attached hydrogen (secondary N) is 2. The fourth-order valence-electron chi connectivity index (χ4n) is 3.10. The van der Waals surface area contributed by atoms with Crippen molar-refractivity contribution in [3.05, 3.63) is 77.4 Å². The highest BCUT2D eigenvalue weighted by Crippen LogP contribution is 2.44. The number of benzene rings is 3. The maximum atomic E-state index is 12.7. The molecule has 7 heteroatoms. The molecule has 0 saturated carbocycles. The second-order valence-electron chi connectivity index (χ2n) is 7.00. The Hall–Kier alpha value is -2.77. The first-order valence-corrected chi connectivity index (χ1v) is 11.5. The van der Waals surface area contributed by atoms with E-state index in [1.807, 2.05) is 49.4 Å². The van der Waals surface area contributed by atoms with Gasteiger partial charge in [0.15, 0.2) is 0 Å². The number of hydrazone groups is 1. The van der Waals surface area contributed by atoms with Gasteiger partial charge in [0, 0.05) is 9.79 Å². The van der Waals surface area contributed by atoms with Crippen molar-refractivity contribution < 1.29 is 8.42 Å². The maximum Gasteiger partial charge on any atom is 0.276 e. The van der Waals surface area contributed by atoms with Crippen LogP contribution < -0.4 is 10.1 Å². The SMILES string of the molecule is C/C(=N\NS(=O)(=O)c1cc(C)ccc1C)c1ccc2c(c1)Nc1ccccc1S2. The monoisotopic (exact) mass is 423 g/mol. The lowest BCUT2D eigenvalue weighted by Gasteiger charge is -2.21. The summed E-state index contributed by atoms with van der Waals surface area (Å²) in [5.74, 6) is 0. The molecule has 0 unspecified atom stereocenters. The van der Waals surface area contributed by atoms with Crippen LogP contribution in [0.4, 0.5) is 11.4 Å². The van der Waals surface area contributed by atoms with Gasteiger partial charge in [-0.25, -0.2) is 0 Å². The van der Waals surface area contributed by atoms with Crippen molar-refractivity contribution in [3.63, 3.8) is 0 Å². The summed E-state index contributed by atoms with van der Waals surface area (Å²) in [6.07, 6.45) is 0. The molecule has 29 heavy (non-hydrogen) atoms. The van der Waals surface area contributed by atoms with Crippen LogP contribution in [-0.4, -0.2) is 14.1 Å². The molecule has 3 aromatic carbocycles. The van der Waals surface area contributed by atoms with Gasteiger partial charge in [0.1, 0.15) is 0 Å². The van der Waals surface area contributed by atoms with E-state index >= 15 is 0 Å². The van der Waals surface area contributed by atoms with Crippen LogP contribution in [0.15, 0.2) is 80.5 Å². The number of sulfonamides is 1. The van der Waals surface area contributed by atoms with Gasteiger partial charge in [0.25, 0.3) is 10.0 Å². The number of nitrogens with zero attached hydrogens (tertiary/aromatic N) is 1. The lowest BCUT2D eigenvalue weighted by Crippen LogP contribution is -2.21. The van der Waals surface area contributed by atoms with Crippen LogP contribution in [-0.2, 0) is 10.0 Å². The molecule has 1 heterocycles. The number of para-hydroxylation sites is 1. The lowest BCUT2D eigenvalue weighted by atomic mass is 10.1. The molecule has 2 N–H and O–H groups in total. The molecule has 0 aromatic heterocycles. The van der Waals surface area contributed by atoms with Crippen molar-refractivity contribution in [1.82, 2.24) is 4.83 Å². The Balaban J connectivity index is 1.58. The quantitative estimate of drug-likeness (QED) is 0.349. The van der Waals surface area contributed by atoms with Crippen LogP contribution in [0, 0.1) is 13.8 Å². The standard InChI is InChI=1S/C22H21N3O2S2/c1-14-8-9-15(2)22(12-14)29(26,27)25-24-16(3)17-10-11-21-19(13-17)23-18-6-4-5-7-20(18)28-21/h4-13,23,25H,1-3H3/b24-16+. The van der Waals surface area contributed by atoms with E-state index < -0.39 is 10.0 Å². The highest BCUT2D eigenvalue weighted by molar-refractivity contribution is 7.99. The summed E-state index contributed by atoms with van der Waals surface area (Å²) >= 11 is 1.71. The van der Waals surface area contributed by atoms with Crippen molar-refractivity contribution in [2.24, 2.45) is 5.10 Å². The highest BCUT2D eigenvalue weighted by atomic mass is 32.2. The zero-order chi connectivity index (χ0) is 20.6. The number of rotatable bonds is 4. The minimum Gasteiger partial charge on any atom is -0.354 e. The first-order chi connectivity index (χ1) is 13.8. The fourth-order valence-corrected chi connectivity index (χ4v) is 5.26. The molecular formula is C22H21N3O2S2. The van der Waals surface area contributed by atoms with Gasteiger partial charge in [-0.1, -0.05) is 42.1 Å². The van der Waals surface area contributed by atoms with E-state index in [0.717, 1.165) is 27.4 Å². The van der Waals surface area contributed by atoms with E-state index in [9.17, 15) is 8.42 Å². The Bertz CT molecular complexity index is 1230. The first kappa shape index (κ1) is 19.5. The molecule has 0 atom stereocenters. The Labute approximate surface area is 175 Å². The Kier molecular flexibility index (Phi) is 5.10. The lowest BCUT2D eigenvalue weighted by molar-refractivity contribution is 0.583. The summed E-state index contributed by atoms with van der Waals surface area (Å²) in [5.41, 5.74) is 5.05. The molecule has 3 aromatic rings. The Morgan fingerprint density at radius 3 is 2.55 bits per heavy atom. The predicted molar refractivity (Wildman–Crippen MR) is 119 cm³/mol. The average Bonchev–Trinajstić information content (AvgIpc) is 2.71. The smallest absolute Gasteiger partial charge is 0.276 e. The Morgan fingerprint density at radius 1 is 0.966 bits per heavy atom. The van der Waals surface area contributed by atoms with E-state index in [2.05, 4.69) is 21.3 Å². The molecule has 1 aliphatic heterocycles. The minimum atomic E-state index is -3.73. The van der Waals surface area contributed by atoms with Crippen LogP contribution in [0.5, 0.6) is 0 Å². The highest BCUT2D eigenvalue weighted by Gasteiger charge is 2.18. The van der Waals surface area contributed by atoms with Gasteiger partial charge in [-0.15, -0.1) is 0 Å². The zero-order valence-electron chi connectivity index (χ0n) is 16.4. The van der Waals surface area contributed by atoms with Crippen LogP contribution in [0.1, 0.15) is 23.6 Å². The van der Waals surface area contributed by atoms with Gasteiger partial charge in [0.2, 0.25) is 0 Å². The molecule has 0 bridgehead atoms. The molecule has 0 saturated heterocycles. The normalized spacial score (nSPS) is 13.3. The summed E-state index contributed by atoms with van der Waals surface area (Å²) in [4.78, 5) is 4.92. The second kappa shape index (κ2) is 7.57. The van der Waals surface area contributed by atoms with Crippen LogP contribution in [0.2, 0.25) is 0 Å². The van der Waals surface area contributed by atoms with Gasteiger partial charge in [-0.2, -0.15) is 18.4 Å². The van der Waals surface area contributed by atoms with Crippen LogP contribution >= 0.6 is 11.8 Å². The van der Waals surface area contributed by atoms with E-state index in [1.165, 1.54) is 4.90 Å². The van der Waals surface area contributed by atoms with Crippen LogP contribution in [0.25, 0.3) is 0 Å². The predicted octanol–water partition coefficient (Wildman–Crippen LogP) is 5.21. The van der Waals surface area contributed by atoms with Gasteiger partial charge in [0.05, 0.1) is 22.0 Å². The molecule has 0 radical (unpaired) electrons. The fraction of sp³-hybridized carbons (Fsp3) is 0.136. The average molecular weight is 424 g/mol. The van der Waals surface area contributed by atoms with Crippen molar-refractivity contribution in [3.8, 4) is 0 Å². The summed E-state index contributed by atoms with van der Waals surface area (Å²) < 4.78 is 25.4. The van der Waals surface area contributed by atoms with Crippen molar-refractivity contribution in [2.45, 2.75) is 35.5 Å². The number of fused-ring (bicyclic) bond motifs is 2. The van der Waals surface area contributed by atoms with Crippen molar-refractivity contribution in [1.29, 1.82) is 0 Å². The van der Waals surface area contributed by atoms with E-state index in [-0.39, 0.29) is 4.90 Å². The third-order valence-corrected chi connectivity index (χ3v) is 7.24. The number of aryl methyl sites for hydroxylation is 2. The number of hydrogen-bond acceptors (Lipinski definition) is 5. The van der Waals surface area contributed by atoms with Gasteiger partial charge in [-0.3, -0.25) is 0 Å². The summed E-state index contributed by atoms with van der Waals surface area (Å²) in [6.45, 7) is 5.43. The zero-order valence-corrected chi connectivity index (χ0v) is 18.0. The van der Waals surface area contributed by atoms with Crippen molar-refractivity contribution >= 4 is 38.9 Å². The third kappa shape index (κ3) is 4.02. The van der Waals surface area contributed by atoms with E-state index in [0.29, 0.717) is 11.3 Å². The molecule has 0 spiro atoms. The van der Waals surface area contributed by atoms with Crippen LogP contribution in [0.3, 0.4) is 0 Å².